The van der Waals surface area contributed by atoms with Gasteiger partial charge in [-0.15, -0.1) is 0 Å². The zero-order valence-corrected chi connectivity index (χ0v) is 12.1. The van der Waals surface area contributed by atoms with Gasteiger partial charge in [-0.25, -0.2) is 0 Å². The second-order valence-corrected chi connectivity index (χ2v) is 7.63. The van der Waals surface area contributed by atoms with E-state index in [4.69, 9.17) is 5.73 Å². The predicted octanol–water partition coefficient (Wildman–Crippen LogP) is 1.65. The van der Waals surface area contributed by atoms with Crippen molar-refractivity contribution < 1.29 is 4.79 Å². The van der Waals surface area contributed by atoms with Crippen molar-refractivity contribution in [3.8, 4) is 6.07 Å². The van der Waals surface area contributed by atoms with Crippen LogP contribution in [0.1, 0.15) is 45.4 Å². The molecule has 4 aliphatic rings. The third kappa shape index (κ3) is 1.47. The highest BCUT2D eigenvalue weighted by atomic mass is 16.2. The number of likely N-dealkylation sites (tertiary alicyclic amines) is 1. The molecule has 1 saturated heterocycles. The minimum absolute atomic E-state index is 0.0535. The quantitative estimate of drug-likeness (QED) is 0.831. The summed E-state index contributed by atoms with van der Waals surface area (Å²) in [6, 6.07) is 2.01. The van der Waals surface area contributed by atoms with Crippen LogP contribution in [0, 0.1) is 34.5 Å². The second-order valence-electron chi connectivity index (χ2n) is 7.63. The molecule has 3 aliphatic carbocycles. The molecule has 2 bridgehead atoms. The molecule has 1 heterocycles. The third-order valence-electron chi connectivity index (χ3n) is 6.79. The van der Waals surface area contributed by atoms with E-state index in [-0.39, 0.29) is 23.4 Å². The van der Waals surface area contributed by atoms with Gasteiger partial charge in [0.25, 0.3) is 0 Å². The van der Waals surface area contributed by atoms with Crippen LogP contribution in [0.3, 0.4) is 0 Å². The lowest BCUT2D eigenvalue weighted by Crippen LogP contribution is -2.54. The third-order valence-corrected chi connectivity index (χ3v) is 6.79. The number of nitrogens with two attached hydrogens (primary N) is 1. The molecule has 0 aromatic rings. The second kappa shape index (κ2) is 3.98. The minimum atomic E-state index is -0.377. The van der Waals surface area contributed by atoms with Gasteiger partial charge in [0.2, 0.25) is 5.91 Å². The Morgan fingerprint density at radius 2 is 2.15 bits per heavy atom. The lowest BCUT2D eigenvalue weighted by Gasteiger charge is -2.36. The summed E-state index contributed by atoms with van der Waals surface area (Å²) in [6.45, 7) is 2.19. The van der Waals surface area contributed by atoms with Crippen LogP contribution >= 0.6 is 0 Å². The summed E-state index contributed by atoms with van der Waals surface area (Å²) in [5.74, 6) is 1.98. The van der Waals surface area contributed by atoms with E-state index >= 15 is 0 Å². The van der Waals surface area contributed by atoms with Gasteiger partial charge in [-0.2, -0.15) is 5.26 Å². The molecule has 4 nitrogen and oxygen atoms in total. The molecule has 0 aromatic carbocycles. The van der Waals surface area contributed by atoms with Gasteiger partial charge in [-0.1, -0.05) is 6.92 Å². The number of hydrogen-bond acceptors (Lipinski definition) is 3. The number of fused-ring (bicyclic) bond motifs is 3. The van der Waals surface area contributed by atoms with Gasteiger partial charge in [0.1, 0.15) is 6.04 Å². The molecule has 1 amide bonds. The fourth-order valence-corrected chi connectivity index (χ4v) is 5.43. The molecule has 4 heteroatoms. The highest BCUT2D eigenvalue weighted by Gasteiger charge is 2.62. The Balaban J connectivity index is 1.56. The molecule has 3 saturated carbocycles. The van der Waals surface area contributed by atoms with Crippen molar-refractivity contribution in [2.45, 2.75) is 63.6 Å². The van der Waals surface area contributed by atoms with Crippen LogP contribution < -0.4 is 5.73 Å². The van der Waals surface area contributed by atoms with Crippen LogP contribution in [0.2, 0.25) is 0 Å². The Labute approximate surface area is 120 Å². The molecule has 20 heavy (non-hydrogen) atoms. The van der Waals surface area contributed by atoms with Gasteiger partial charge in [-0.3, -0.25) is 4.79 Å². The van der Waals surface area contributed by atoms with Gasteiger partial charge < -0.3 is 10.6 Å². The average molecular weight is 273 g/mol. The van der Waals surface area contributed by atoms with Crippen molar-refractivity contribution in [1.82, 2.24) is 4.90 Å². The summed E-state index contributed by atoms with van der Waals surface area (Å²) < 4.78 is 0. The van der Waals surface area contributed by atoms with Crippen molar-refractivity contribution in [2.24, 2.45) is 28.9 Å². The molecule has 4 fully saturated rings. The fourth-order valence-electron chi connectivity index (χ4n) is 5.43. The number of nitriles is 1. The van der Waals surface area contributed by atoms with E-state index in [1.54, 1.807) is 0 Å². The molecule has 5 atom stereocenters. The van der Waals surface area contributed by atoms with E-state index < -0.39 is 0 Å². The Morgan fingerprint density at radius 3 is 2.70 bits per heavy atom. The number of hydrogen-bond donors (Lipinski definition) is 1. The molecular formula is C16H23N3O. The van der Waals surface area contributed by atoms with E-state index in [1.165, 1.54) is 12.8 Å². The SMILES string of the molecule is C[C@H]1C2CC(C#N)N(C(=O)[C@@H](N)C34CCC(CC3)C4)C21. The van der Waals surface area contributed by atoms with Crippen LogP contribution in [0.15, 0.2) is 0 Å². The molecule has 2 N–H and O–H groups in total. The first-order chi connectivity index (χ1) is 9.57. The average Bonchev–Trinajstić information content (AvgIpc) is 2.95. The Hall–Kier alpha value is -1.08. The molecule has 3 unspecified atom stereocenters. The van der Waals surface area contributed by atoms with Gasteiger partial charge >= 0.3 is 0 Å². The molecule has 4 rings (SSSR count). The molecule has 1 aliphatic heterocycles. The Morgan fingerprint density at radius 1 is 1.45 bits per heavy atom. The van der Waals surface area contributed by atoms with Crippen molar-refractivity contribution in [3.05, 3.63) is 0 Å². The summed E-state index contributed by atoms with van der Waals surface area (Å²) in [6.07, 6.45) is 6.69. The van der Waals surface area contributed by atoms with Gasteiger partial charge in [0, 0.05) is 6.04 Å². The van der Waals surface area contributed by atoms with Crippen LogP contribution in [0.5, 0.6) is 0 Å². The van der Waals surface area contributed by atoms with Crippen molar-refractivity contribution in [3.63, 3.8) is 0 Å². The van der Waals surface area contributed by atoms with E-state index in [0.717, 1.165) is 31.6 Å². The molecule has 0 aromatic heterocycles. The predicted molar refractivity (Wildman–Crippen MR) is 74.3 cm³/mol. The number of carbonyl (C=O) groups is 1. The highest BCUT2D eigenvalue weighted by molar-refractivity contribution is 5.84. The maximum atomic E-state index is 12.9. The normalized spacial score (nSPS) is 49.9. The molecule has 0 radical (unpaired) electrons. The van der Waals surface area contributed by atoms with Gasteiger partial charge in [0.15, 0.2) is 0 Å². The van der Waals surface area contributed by atoms with Crippen LogP contribution in [-0.2, 0) is 4.79 Å². The Kier molecular flexibility index (Phi) is 2.51. The van der Waals surface area contributed by atoms with Crippen molar-refractivity contribution in [2.75, 3.05) is 0 Å². The van der Waals surface area contributed by atoms with E-state index in [2.05, 4.69) is 13.0 Å². The van der Waals surface area contributed by atoms with Crippen LogP contribution in [0.25, 0.3) is 0 Å². The van der Waals surface area contributed by atoms with E-state index in [0.29, 0.717) is 17.9 Å². The monoisotopic (exact) mass is 273 g/mol. The summed E-state index contributed by atoms with van der Waals surface area (Å²) in [5, 5.41) is 9.30. The lowest BCUT2D eigenvalue weighted by molar-refractivity contribution is -0.137. The summed E-state index contributed by atoms with van der Waals surface area (Å²) >= 11 is 0. The maximum Gasteiger partial charge on any atom is 0.241 e. The number of nitrogens with zero attached hydrogens (tertiary/aromatic N) is 2. The first kappa shape index (κ1) is 12.6. The van der Waals surface area contributed by atoms with Crippen LogP contribution in [0.4, 0.5) is 0 Å². The van der Waals surface area contributed by atoms with E-state index in [9.17, 15) is 10.1 Å². The minimum Gasteiger partial charge on any atom is -0.322 e. The molecule has 0 spiro atoms. The fraction of sp³-hybridized carbons (Fsp3) is 0.875. The standard InChI is InChI=1S/C16H23N3O/c1-9-12-6-11(8-17)19(13(9)12)15(20)14(18)16-4-2-10(7-16)3-5-16/h9-14H,2-7,18H2,1H3/t9-,10?,11?,12?,13?,14+,16?/m0/s1. The Bertz CT molecular complexity index is 488. The largest absolute Gasteiger partial charge is 0.322 e. The first-order valence-corrected chi connectivity index (χ1v) is 8.05. The van der Waals surface area contributed by atoms with Gasteiger partial charge in [-0.05, 0) is 61.7 Å². The molecular weight excluding hydrogens is 250 g/mol. The number of amides is 1. The maximum absolute atomic E-state index is 12.9. The van der Waals surface area contributed by atoms with Crippen LogP contribution in [-0.4, -0.2) is 28.9 Å². The van der Waals surface area contributed by atoms with Gasteiger partial charge in [0.05, 0.1) is 12.1 Å². The van der Waals surface area contributed by atoms with Crippen molar-refractivity contribution >= 4 is 5.91 Å². The lowest BCUT2D eigenvalue weighted by atomic mass is 9.77. The van der Waals surface area contributed by atoms with Crippen molar-refractivity contribution in [1.29, 1.82) is 5.26 Å². The van der Waals surface area contributed by atoms with E-state index in [1.807, 2.05) is 4.90 Å². The summed E-state index contributed by atoms with van der Waals surface area (Å²) in [5.41, 5.74) is 6.47. The summed E-state index contributed by atoms with van der Waals surface area (Å²) in [4.78, 5) is 14.8. The topological polar surface area (TPSA) is 70.1 Å². The first-order valence-electron chi connectivity index (χ1n) is 8.05. The number of carbonyl (C=O) groups excluding carboxylic acids is 1. The molecule has 108 valence electrons. The zero-order valence-electron chi connectivity index (χ0n) is 12.1. The summed E-state index contributed by atoms with van der Waals surface area (Å²) in [7, 11) is 0. The number of rotatable bonds is 2. The smallest absolute Gasteiger partial charge is 0.241 e. The number of piperidine rings is 1. The highest BCUT2D eigenvalue weighted by Crippen LogP contribution is 2.57. The zero-order chi connectivity index (χ0) is 14.1.